The second kappa shape index (κ2) is 3.88. The van der Waals surface area contributed by atoms with Crippen molar-refractivity contribution in [2.75, 3.05) is 7.05 Å². The van der Waals surface area contributed by atoms with Gasteiger partial charge < -0.3 is 15.1 Å². The SMILES string of the molecule is CN[C@H](C=O)Cc1cnc[nH]1. The summed E-state index contributed by atoms with van der Waals surface area (Å²) < 4.78 is 0. The molecular weight excluding hydrogens is 142 g/mol. The lowest BCUT2D eigenvalue weighted by atomic mass is 10.2. The van der Waals surface area contributed by atoms with Crippen LogP contribution in [0.15, 0.2) is 12.5 Å². The standard InChI is InChI=1S/C7H11N3O/c1-8-7(4-11)2-6-3-9-5-10-6/h3-5,7-8H,2H2,1H3,(H,9,10)/t7-/m0/s1. The third kappa shape index (κ3) is 2.16. The van der Waals surface area contributed by atoms with Crippen LogP contribution in [0.2, 0.25) is 0 Å². The zero-order chi connectivity index (χ0) is 8.10. The Bertz CT molecular complexity index is 207. The highest BCUT2D eigenvalue weighted by Crippen LogP contribution is 1.94. The summed E-state index contributed by atoms with van der Waals surface area (Å²) >= 11 is 0. The van der Waals surface area contributed by atoms with Gasteiger partial charge in [0.15, 0.2) is 0 Å². The highest BCUT2D eigenvalue weighted by molar-refractivity contribution is 5.57. The molecule has 0 aliphatic heterocycles. The van der Waals surface area contributed by atoms with Crippen molar-refractivity contribution in [3.63, 3.8) is 0 Å². The average Bonchev–Trinajstić information content (AvgIpc) is 2.52. The van der Waals surface area contributed by atoms with Crippen LogP contribution in [-0.2, 0) is 11.2 Å². The number of H-pyrrole nitrogens is 1. The van der Waals surface area contributed by atoms with E-state index in [1.807, 2.05) is 0 Å². The number of imidazole rings is 1. The van der Waals surface area contributed by atoms with Crippen LogP contribution in [0, 0.1) is 0 Å². The van der Waals surface area contributed by atoms with Gasteiger partial charge in [0.05, 0.1) is 12.4 Å². The summed E-state index contributed by atoms with van der Waals surface area (Å²) in [5, 5.41) is 2.87. The van der Waals surface area contributed by atoms with Gasteiger partial charge in [-0.25, -0.2) is 4.98 Å². The molecule has 4 nitrogen and oxygen atoms in total. The van der Waals surface area contributed by atoms with Crippen molar-refractivity contribution >= 4 is 6.29 Å². The maximum absolute atomic E-state index is 10.4. The summed E-state index contributed by atoms with van der Waals surface area (Å²) in [5.74, 6) is 0. The highest BCUT2D eigenvalue weighted by Gasteiger charge is 2.04. The number of aldehydes is 1. The monoisotopic (exact) mass is 153 g/mol. The summed E-state index contributed by atoms with van der Waals surface area (Å²) in [7, 11) is 1.76. The predicted octanol–water partition coefficient (Wildman–Crippen LogP) is -0.261. The lowest BCUT2D eigenvalue weighted by Gasteiger charge is -2.05. The van der Waals surface area contributed by atoms with E-state index in [0.29, 0.717) is 6.42 Å². The van der Waals surface area contributed by atoms with Gasteiger partial charge in [-0.05, 0) is 7.05 Å². The van der Waals surface area contributed by atoms with E-state index in [4.69, 9.17) is 0 Å². The van der Waals surface area contributed by atoms with Crippen LogP contribution >= 0.6 is 0 Å². The van der Waals surface area contributed by atoms with E-state index in [9.17, 15) is 4.79 Å². The highest BCUT2D eigenvalue weighted by atomic mass is 16.1. The van der Waals surface area contributed by atoms with Crippen molar-refractivity contribution in [3.05, 3.63) is 18.2 Å². The van der Waals surface area contributed by atoms with E-state index in [-0.39, 0.29) is 6.04 Å². The minimum absolute atomic E-state index is 0.115. The summed E-state index contributed by atoms with van der Waals surface area (Å²) in [6.07, 6.45) is 4.88. The lowest BCUT2D eigenvalue weighted by molar-refractivity contribution is -0.109. The van der Waals surface area contributed by atoms with E-state index in [0.717, 1.165) is 12.0 Å². The maximum Gasteiger partial charge on any atom is 0.137 e. The van der Waals surface area contributed by atoms with Crippen molar-refractivity contribution in [1.29, 1.82) is 0 Å². The van der Waals surface area contributed by atoms with Gasteiger partial charge in [-0.2, -0.15) is 0 Å². The first kappa shape index (κ1) is 7.94. The van der Waals surface area contributed by atoms with Crippen LogP contribution in [0.4, 0.5) is 0 Å². The van der Waals surface area contributed by atoms with Crippen LogP contribution in [0.1, 0.15) is 5.69 Å². The van der Waals surface area contributed by atoms with Gasteiger partial charge >= 0.3 is 0 Å². The molecule has 0 bridgehead atoms. The summed E-state index contributed by atoms with van der Waals surface area (Å²) in [4.78, 5) is 17.1. The first-order chi connectivity index (χ1) is 5.36. The summed E-state index contributed by atoms with van der Waals surface area (Å²) in [5.41, 5.74) is 0.969. The van der Waals surface area contributed by atoms with Crippen molar-refractivity contribution in [3.8, 4) is 0 Å². The van der Waals surface area contributed by atoms with E-state index in [1.54, 1.807) is 19.6 Å². The molecule has 60 valence electrons. The summed E-state index contributed by atoms with van der Waals surface area (Å²) in [6.45, 7) is 0. The molecule has 11 heavy (non-hydrogen) atoms. The number of hydrogen-bond donors (Lipinski definition) is 2. The van der Waals surface area contributed by atoms with Gasteiger partial charge in [-0.1, -0.05) is 0 Å². The van der Waals surface area contributed by atoms with E-state index in [1.165, 1.54) is 0 Å². The van der Waals surface area contributed by atoms with Crippen molar-refractivity contribution in [1.82, 2.24) is 15.3 Å². The fourth-order valence-corrected chi connectivity index (χ4v) is 0.851. The smallest absolute Gasteiger partial charge is 0.137 e. The third-order valence-electron chi connectivity index (χ3n) is 1.53. The number of aromatic amines is 1. The van der Waals surface area contributed by atoms with Crippen LogP contribution in [0.25, 0.3) is 0 Å². The number of carbonyl (C=O) groups is 1. The Morgan fingerprint density at radius 1 is 1.91 bits per heavy atom. The van der Waals surface area contributed by atoms with E-state index >= 15 is 0 Å². The zero-order valence-corrected chi connectivity index (χ0v) is 6.37. The number of rotatable bonds is 4. The predicted molar refractivity (Wildman–Crippen MR) is 41.2 cm³/mol. The number of likely N-dealkylation sites (N-methyl/N-ethyl adjacent to an activating group) is 1. The molecule has 1 heterocycles. The molecule has 1 aromatic rings. The Balaban J connectivity index is 2.47. The first-order valence-electron chi connectivity index (χ1n) is 3.46. The number of nitrogens with one attached hydrogen (secondary N) is 2. The molecule has 0 aliphatic carbocycles. The van der Waals surface area contributed by atoms with Crippen LogP contribution in [-0.4, -0.2) is 29.3 Å². The molecule has 0 aliphatic rings. The lowest BCUT2D eigenvalue weighted by Crippen LogP contribution is -2.28. The molecule has 1 aromatic heterocycles. The molecule has 1 rings (SSSR count). The van der Waals surface area contributed by atoms with Crippen molar-refractivity contribution in [2.45, 2.75) is 12.5 Å². The third-order valence-corrected chi connectivity index (χ3v) is 1.53. The molecule has 2 N–H and O–H groups in total. The van der Waals surface area contributed by atoms with Gasteiger partial charge in [0, 0.05) is 18.3 Å². The van der Waals surface area contributed by atoms with Gasteiger partial charge in [0.25, 0.3) is 0 Å². The van der Waals surface area contributed by atoms with Crippen molar-refractivity contribution in [2.24, 2.45) is 0 Å². The average molecular weight is 153 g/mol. The second-order valence-corrected chi connectivity index (χ2v) is 2.31. The second-order valence-electron chi connectivity index (χ2n) is 2.31. The Hall–Kier alpha value is -1.16. The molecule has 0 amide bonds. The zero-order valence-electron chi connectivity index (χ0n) is 6.37. The van der Waals surface area contributed by atoms with Gasteiger partial charge in [-0.3, -0.25) is 0 Å². The Kier molecular flexibility index (Phi) is 2.80. The van der Waals surface area contributed by atoms with E-state index < -0.39 is 0 Å². The number of aromatic nitrogens is 2. The molecule has 0 spiro atoms. The van der Waals surface area contributed by atoms with Crippen molar-refractivity contribution < 1.29 is 4.79 Å². The molecule has 1 atom stereocenters. The quantitative estimate of drug-likeness (QED) is 0.586. The molecule has 0 saturated heterocycles. The molecule has 0 radical (unpaired) electrons. The topological polar surface area (TPSA) is 57.8 Å². The minimum atomic E-state index is -0.115. The number of hydrogen-bond acceptors (Lipinski definition) is 3. The normalized spacial score (nSPS) is 12.8. The fraction of sp³-hybridized carbons (Fsp3) is 0.429. The van der Waals surface area contributed by atoms with Gasteiger partial charge in [0.1, 0.15) is 6.29 Å². The molecule has 4 heteroatoms. The number of nitrogens with zero attached hydrogens (tertiary/aromatic N) is 1. The molecule has 0 saturated carbocycles. The molecule has 0 unspecified atom stereocenters. The Morgan fingerprint density at radius 2 is 2.73 bits per heavy atom. The first-order valence-corrected chi connectivity index (χ1v) is 3.46. The number of carbonyl (C=O) groups excluding carboxylic acids is 1. The van der Waals surface area contributed by atoms with Gasteiger partial charge in [-0.15, -0.1) is 0 Å². The van der Waals surface area contributed by atoms with Crippen LogP contribution in [0.3, 0.4) is 0 Å². The maximum atomic E-state index is 10.4. The summed E-state index contributed by atoms with van der Waals surface area (Å²) in [6, 6.07) is -0.115. The minimum Gasteiger partial charge on any atom is -0.348 e. The largest absolute Gasteiger partial charge is 0.348 e. The van der Waals surface area contributed by atoms with Crippen LogP contribution < -0.4 is 5.32 Å². The fourth-order valence-electron chi connectivity index (χ4n) is 0.851. The molecule has 0 fully saturated rings. The van der Waals surface area contributed by atoms with Crippen LogP contribution in [0.5, 0.6) is 0 Å². The van der Waals surface area contributed by atoms with E-state index in [2.05, 4.69) is 15.3 Å². The Labute approximate surface area is 65.0 Å². The van der Waals surface area contributed by atoms with Gasteiger partial charge in [0.2, 0.25) is 0 Å². The molecular formula is C7H11N3O. The molecule has 0 aromatic carbocycles. The Morgan fingerprint density at radius 3 is 3.18 bits per heavy atom.